The van der Waals surface area contributed by atoms with Gasteiger partial charge < -0.3 is 19.5 Å². The molecule has 0 saturated carbocycles. The summed E-state index contributed by atoms with van der Waals surface area (Å²) in [5.74, 6) is -0.347. The van der Waals surface area contributed by atoms with Crippen molar-refractivity contribution >= 4 is 22.7 Å². The summed E-state index contributed by atoms with van der Waals surface area (Å²) in [5, 5.41) is 9.76. The molecule has 0 atom stereocenters. The minimum absolute atomic E-state index is 0.255. The van der Waals surface area contributed by atoms with Crippen LogP contribution in [-0.2, 0) is 0 Å². The third kappa shape index (κ3) is 2.96. The lowest BCUT2D eigenvalue weighted by molar-refractivity contribution is 0.0695. The molecule has 0 unspecified atom stereocenters. The van der Waals surface area contributed by atoms with E-state index in [2.05, 4.69) is 28.9 Å². The topological polar surface area (TPSA) is 78.7 Å². The van der Waals surface area contributed by atoms with Gasteiger partial charge >= 0.3 is 5.97 Å². The molecule has 4 rings (SSSR count). The molecular weight excluding hydrogens is 344 g/mol. The van der Waals surface area contributed by atoms with Gasteiger partial charge in [-0.05, 0) is 38.4 Å². The smallest absolute Gasteiger partial charge is 0.341 e. The minimum atomic E-state index is -1.24. The van der Waals surface area contributed by atoms with Gasteiger partial charge in [-0.2, -0.15) is 0 Å². The Morgan fingerprint density at radius 3 is 2.56 bits per heavy atom. The summed E-state index contributed by atoms with van der Waals surface area (Å²) in [6.07, 6.45) is 3.08. The van der Waals surface area contributed by atoms with E-state index in [-0.39, 0.29) is 5.56 Å². The molecule has 7 heteroatoms. The Morgan fingerprint density at radius 2 is 1.93 bits per heavy atom. The zero-order valence-corrected chi connectivity index (χ0v) is 15.2. The third-order valence-electron chi connectivity index (χ3n) is 5.07. The Morgan fingerprint density at radius 1 is 1.19 bits per heavy atom. The van der Waals surface area contributed by atoms with Crippen molar-refractivity contribution in [2.45, 2.75) is 6.04 Å². The van der Waals surface area contributed by atoms with Gasteiger partial charge in [-0.15, -0.1) is 0 Å². The van der Waals surface area contributed by atoms with Crippen molar-refractivity contribution in [1.29, 1.82) is 0 Å². The molecule has 0 bridgehead atoms. The molecule has 138 valence electrons. The molecule has 3 aromatic rings. The largest absolute Gasteiger partial charge is 0.477 e. The summed E-state index contributed by atoms with van der Waals surface area (Å²) >= 11 is 0. The van der Waals surface area contributed by atoms with Crippen LogP contribution in [0.25, 0.3) is 16.6 Å². The van der Waals surface area contributed by atoms with E-state index in [9.17, 15) is 14.7 Å². The number of hydrogen-bond donors (Lipinski definition) is 1. The fourth-order valence-electron chi connectivity index (χ4n) is 3.32. The van der Waals surface area contributed by atoms with Gasteiger partial charge in [0.25, 0.3) is 0 Å². The van der Waals surface area contributed by atoms with E-state index in [0.29, 0.717) is 22.6 Å². The van der Waals surface area contributed by atoms with Gasteiger partial charge in [0.1, 0.15) is 11.4 Å². The molecule has 1 saturated heterocycles. The molecule has 1 aromatic carbocycles. The Hall–Kier alpha value is -3.19. The number of nitrogens with zero attached hydrogens (tertiary/aromatic N) is 4. The van der Waals surface area contributed by atoms with Crippen molar-refractivity contribution in [2.75, 3.05) is 32.1 Å². The zero-order valence-electron chi connectivity index (χ0n) is 15.2. The highest BCUT2D eigenvalue weighted by atomic mass is 16.4. The second kappa shape index (κ2) is 6.51. The molecule has 2 aromatic heterocycles. The molecule has 1 aliphatic rings. The average molecular weight is 364 g/mol. The summed E-state index contributed by atoms with van der Waals surface area (Å²) in [6.45, 7) is 1.87. The first-order valence-electron chi connectivity index (χ1n) is 8.71. The van der Waals surface area contributed by atoms with Crippen molar-refractivity contribution in [3.8, 4) is 5.69 Å². The number of anilines is 1. The zero-order chi connectivity index (χ0) is 19.1. The number of rotatable bonds is 4. The van der Waals surface area contributed by atoms with E-state index in [1.807, 2.05) is 18.2 Å². The lowest BCUT2D eigenvalue weighted by Crippen LogP contribution is -2.57. The number of carbonyl (C=O) groups is 1. The van der Waals surface area contributed by atoms with Gasteiger partial charge in [-0.3, -0.25) is 4.79 Å². The first-order valence-corrected chi connectivity index (χ1v) is 8.71. The SMILES string of the molecule is CN(C)C1CN(c2ccc(-n3cc(C(=O)O)c(=O)c4ccccc43)cn2)C1. The van der Waals surface area contributed by atoms with Gasteiger partial charge in [0.2, 0.25) is 5.43 Å². The van der Waals surface area contributed by atoms with Gasteiger partial charge in [-0.25, -0.2) is 9.78 Å². The highest BCUT2D eigenvalue weighted by Gasteiger charge is 2.29. The predicted molar refractivity (Wildman–Crippen MR) is 104 cm³/mol. The molecule has 0 aliphatic carbocycles. The maximum absolute atomic E-state index is 12.4. The van der Waals surface area contributed by atoms with Crippen molar-refractivity contribution in [3.05, 3.63) is 64.6 Å². The molecule has 0 radical (unpaired) electrons. The van der Waals surface area contributed by atoms with Crippen LogP contribution in [-0.4, -0.2) is 58.8 Å². The van der Waals surface area contributed by atoms with Crippen molar-refractivity contribution < 1.29 is 9.90 Å². The van der Waals surface area contributed by atoms with E-state index in [1.54, 1.807) is 29.0 Å². The van der Waals surface area contributed by atoms with Crippen LogP contribution < -0.4 is 10.3 Å². The van der Waals surface area contributed by atoms with E-state index in [1.165, 1.54) is 6.20 Å². The Bertz CT molecular complexity index is 1070. The number of benzene rings is 1. The average Bonchev–Trinajstić information content (AvgIpc) is 2.61. The second-order valence-corrected chi connectivity index (χ2v) is 6.96. The van der Waals surface area contributed by atoms with Crippen LogP contribution in [0, 0.1) is 0 Å². The number of fused-ring (bicyclic) bond motifs is 1. The van der Waals surface area contributed by atoms with Gasteiger partial charge in [-0.1, -0.05) is 12.1 Å². The molecule has 1 fully saturated rings. The molecular formula is C20H20N4O3. The van der Waals surface area contributed by atoms with Gasteiger partial charge in [0.15, 0.2) is 0 Å². The quantitative estimate of drug-likeness (QED) is 0.761. The Balaban J connectivity index is 1.73. The molecule has 0 spiro atoms. The lowest BCUT2D eigenvalue weighted by atomic mass is 10.1. The predicted octanol–water partition coefficient (Wildman–Crippen LogP) is 1.83. The van der Waals surface area contributed by atoms with Crippen LogP contribution >= 0.6 is 0 Å². The summed E-state index contributed by atoms with van der Waals surface area (Å²) in [5.41, 5.74) is 0.629. The molecule has 0 amide bonds. The molecule has 1 aliphatic heterocycles. The summed E-state index contributed by atoms with van der Waals surface area (Å²) < 4.78 is 1.70. The van der Waals surface area contributed by atoms with Crippen molar-refractivity contribution in [1.82, 2.24) is 14.5 Å². The lowest BCUT2D eigenvalue weighted by Gasteiger charge is -2.43. The maximum atomic E-state index is 12.4. The summed E-state index contributed by atoms with van der Waals surface area (Å²) in [4.78, 5) is 32.8. The van der Waals surface area contributed by atoms with Gasteiger partial charge in [0, 0.05) is 30.7 Å². The highest BCUT2D eigenvalue weighted by Crippen LogP contribution is 2.23. The van der Waals surface area contributed by atoms with Crippen LogP contribution in [0.15, 0.2) is 53.6 Å². The van der Waals surface area contributed by atoms with Gasteiger partial charge in [0.05, 0.1) is 17.4 Å². The maximum Gasteiger partial charge on any atom is 0.341 e. The van der Waals surface area contributed by atoms with Crippen molar-refractivity contribution in [2.24, 2.45) is 0 Å². The first-order chi connectivity index (χ1) is 13.0. The van der Waals surface area contributed by atoms with Crippen LogP contribution in [0.5, 0.6) is 0 Å². The Kier molecular flexibility index (Phi) is 4.16. The number of carboxylic acids is 1. The summed E-state index contributed by atoms with van der Waals surface area (Å²) in [7, 11) is 4.14. The number of aromatic nitrogens is 2. The second-order valence-electron chi connectivity index (χ2n) is 6.96. The number of likely N-dealkylation sites (N-methyl/N-ethyl adjacent to an activating group) is 1. The van der Waals surface area contributed by atoms with Crippen LogP contribution in [0.2, 0.25) is 0 Å². The normalized spacial score (nSPS) is 14.6. The first kappa shape index (κ1) is 17.2. The number of aromatic carboxylic acids is 1. The fraction of sp³-hybridized carbons (Fsp3) is 0.250. The van der Waals surface area contributed by atoms with Crippen LogP contribution in [0.1, 0.15) is 10.4 Å². The fourth-order valence-corrected chi connectivity index (χ4v) is 3.32. The number of carboxylic acid groups (broad SMARTS) is 1. The monoisotopic (exact) mass is 364 g/mol. The molecule has 1 N–H and O–H groups in total. The molecule has 7 nitrogen and oxygen atoms in total. The van der Waals surface area contributed by atoms with E-state index >= 15 is 0 Å². The third-order valence-corrected chi connectivity index (χ3v) is 5.07. The number of hydrogen-bond acceptors (Lipinski definition) is 5. The highest BCUT2D eigenvalue weighted by molar-refractivity contribution is 5.93. The van der Waals surface area contributed by atoms with Crippen LogP contribution in [0.3, 0.4) is 0 Å². The summed E-state index contributed by atoms with van der Waals surface area (Å²) in [6, 6.07) is 11.3. The standard InChI is InChI=1S/C20H20N4O3/c1-22(2)14-10-23(11-14)18-8-7-13(9-21-18)24-12-16(20(26)27)19(25)15-5-3-4-6-17(15)24/h3-9,12,14H,10-11H2,1-2H3,(H,26,27). The van der Waals surface area contributed by atoms with Crippen molar-refractivity contribution in [3.63, 3.8) is 0 Å². The van der Waals surface area contributed by atoms with E-state index < -0.39 is 11.4 Å². The van der Waals surface area contributed by atoms with Crippen LogP contribution in [0.4, 0.5) is 5.82 Å². The van der Waals surface area contributed by atoms with E-state index in [4.69, 9.17) is 0 Å². The number of pyridine rings is 2. The van der Waals surface area contributed by atoms with E-state index in [0.717, 1.165) is 18.9 Å². The minimum Gasteiger partial charge on any atom is -0.477 e. The Labute approximate surface area is 156 Å². The number of para-hydroxylation sites is 1. The molecule has 27 heavy (non-hydrogen) atoms. The molecule has 3 heterocycles.